The minimum atomic E-state index is 0.0768. The average molecular weight is 294 g/mol. The Labute approximate surface area is 126 Å². The van der Waals surface area contributed by atoms with Gasteiger partial charge in [0.2, 0.25) is 0 Å². The molecule has 3 nitrogen and oxygen atoms in total. The highest BCUT2D eigenvalue weighted by Crippen LogP contribution is 2.28. The van der Waals surface area contributed by atoms with Crippen molar-refractivity contribution >= 4 is 17.6 Å². The standard InChI is InChI=1S/C16H26N2OS/c1-3-4-5-6-7-8-12-19-13-10-9-11-14(20-2)15(13)16(17)18/h9-11H,3-8,12H2,1-2H3,(H3,17,18). The number of nitrogen functional groups attached to an aromatic ring is 1. The van der Waals surface area contributed by atoms with Gasteiger partial charge >= 0.3 is 0 Å². The van der Waals surface area contributed by atoms with Gasteiger partial charge in [-0.05, 0) is 24.8 Å². The molecular formula is C16H26N2OS. The summed E-state index contributed by atoms with van der Waals surface area (Å²) >= 11 is 1.59. The molecule has 1 aromatic rings. The van der Waals surface area contributed by atoms with Crippen LogP contribution in [0.2, 0.25) is 0 Å². The minimum Gasteiger partial charge on any atom is -0.493 e. The third-order valence-electron chi connectivity index (χ3n) is 3.23. The van der Waals surface area contributed by atoms with Crippen molar-refractivity contribution in [2.24, 2.45) is 5.73 Å². The van der Waals surface area contributed by atoms with Crippen LogP contribution < -0.4 is 10.5 Å². The van der Waals surface area contributed by atoms with E-state index in [-0.39, 0.29) is 5.84 Å². The van der Waals surface area contributed by atoms with Gasteiger partial charge in [-0.1, -0.05) is 45.1 Å². The summed E-state index contributed by atoms with van der Waals surface area (Å²) in [6.45, 7) is 2.93. The number of nitrogens with two attached hydrogens (primary N) is 1. The van der Waals surface area contributed by atoms with Crippen molar-refractivity contribution in [1.82, 2.24) is 0 Å². The van der Waals surface area contributed by atoms with Crippen molar-refractivity contribution in [3.63, 3.8) is 0 Å². The first-order valence-corrected chi connectivity index (χ1v) is 8.57. The Kier molecular flexibility index (Phi) is 8.19. The molecule has 0 spiro atoms. The lowest BCUT2D eigenvalue weighted by atomic mass is 10.1. The molecule has 0 aliphatic rings. The first-order valence-electron chi connectivity index (χ1n) is 7.34. The molecule has 1 aromatic carbocycles. The molecular weight excluding hydrogens is 268 g/mol. The summed E-state index contributed by atoms with van der Waals surface area (Å²) in [4.78, 5) is 0.998. The third-order valence-corrected chi connectivity index (χ3v) is 4.01. The van der Waals surface area contributed by atoms with Crippen LogP contribution in [0, 0.1) is 5.41 Å². The first kappa shape index (κ1) is 16.9. The smallest absolute Gasteiger partial charge is 0.131 e. The molecule has 0 saturated carbocycles. The number of thioether (sulfide) groups is 1. The van der Waals surface area contributed by atoms with E-state index in [0.717, 1.165) is 22.6 Å². The van der Waals surface area contributed by atoms with Gasteiger partial charge in [0.05, 0.1) is 12.2 Å². The Bertz CT molecular complexity index is 421. The maximum atomic E-state index is 7.70. The summed E-state index contributed by atoms with van der Waals surface area (Å²) < 4.78 is 5.81. The Hall–Kier alpha value is -1.16. The highest BCUT2D eigenvalue weighted by atomic mass is 32.2. The Balaban J connectivity index is 2.45. The van der Waals surface area contributed by atoms with Crippen molar-refractivity contribution in [2.75, 3.05) is 12.9 Å². The van der Waals surface area contributed by atoms with E-state index in [1.165, 1.54) is 32.1 Å². The molecule has 0 heterocycles. The van der Waals surface area contributed by atoms with E-state index in [2.05, 4.69) is 6.92 Å². The lowest BCUT2D eigenvalue weighted by Gasteiger charge is -2.13. The van der Waals surface area contributed by atoms with E-state index in [9.17, 15) is 0 Å². The van der Waals surface area contributed by atoms with E-state index in [0.29, 0.717) is 6.61 Å². The van der Waals surface area contributed by atoms with Crippen LogP contribution in [-0.4, -0.2) is 18.7 Å². The summed E-state index contributed by atoms with van der Waals surface area (Å²) in [5, 5.41) is 7.70. The Morgan fingerprint density at radius 3 is 2.55 bits per heavy atom. The fourth-order valence-corrected chi connectivity index (χ4v) is 2.76. The van der Waals surface area contributed by atoms with Gasteiger partial charge in [-0.15, -0.1) is 11.8 Å². The van der Waals surface area contributed by atoms with Crippen LogP contribution >= 0.6 is 11.8 Å². The molecule has 3 N–H and O–H groups in total. The van der Waals surface area contributed by atoms with E-state index in [4.69, 9.17) is 15.9 Å². The van der Waals surface area contributed by atoms with Gasteiger partial charge < -0.3 is 10.5 Å². The van der Waals surface area contributed by atoms with Crippen molar-refractivity contribution in [3.05, 3.63) is 23.8 Å². The van der Waals surface area contributed by atoms with E-state index >= 15 is 0 Å². The van der Waals surface area contributed by atoms with Gasteiger partial charge in [0.25, 0.3) is 0 Å². The van der Waals surface area contributed by atoms with Crippen molar-refractivity contribution in [1.29, 1.82) is 5.41 Å². The molecule has 0 atom stereocenters. The van der Waals surface area contributed by atoms with E-state index < -0.39 is 0 Å². The zero-order valence-electron chi connectivity index (χ0n) is 12.6. The van der Waals surface area contributed by atoms with Crippen LogP contribution in [-0.2, 0) is 0 Å². The van der Waals surface area contributed by atoms with E-state index in [1.54, 1.807) is 11.8 Å². The molecule has 0 saturated heterocycles. The van der Waals surface area contributed by atoms with Crippen LogP contribution in [0.25, 0.3) is 0 Å². The maximum absolute atomic E-state index is 7.70. The summed E-state index contributed by atoms with van der Waals surface area (Å²) in [7, 11) is 0. The van der Waals surface area contributed by atoms with Crippen molar-refractivity contribution < 1.29 is 4.74 Å². The molecule has 20 heavy (non-hydrogen) atoms. The molecule has 1 rings (SSSR count). The molecule has 0 aromatic heterocycles. The summed E-state index contributed by atoms with van der Waals surface area (Å²) in [6, 6.07) is 5.82. The van der Waals surface area contributed by atoms with Gasteiger partial charge in [-0.25, -0.2) is 0 Å². The molecule has 0 aliphatic heterocycles. The van der Waals surface area contributed by atoms with Gasteiger partial charge in [0, 0.05) is 4.90 Å². The molecule has 0 radical (unpaired) electrons. The topological polar surface area (TPSA) is 59.1 Å². The number of rotatable bonds is 10. The molecule has 0 bridgehead atoms. The number of unbranched alkanes of at least 4 members (excludes halogenated alkanes) is 5. The number of amidine groups is 1. The number of benzene rings is 1. The SMILES string of the molecule is CCCCCCCCOc1cccc(SC)c1C(=N)N. The maximum Gasteiger partial charge on any atom is 0.131 e. The number of nitrogens with one attached hydrogen (secondary N) is 1. The van der Waals surface area contributed by atoms with Gasteiger partial charge in [0.1, 0.15) is 11.6 Å². The molecule has 0 amide bonds. The fraction of sp³-hybridized carbons (Fsp3) is 0.562. The monoisotopic (exact) mass is 294 g/mol. The second-order valence-corrected chi connectivity index (χ2v) is 5.71. The number of hydrogen-bond acceptors (Lipinski definition) is 3. The predicted molar refractivity (Wildman–Crippen MR) is 88.1 cm³/mol. The number of ether oxygens (including phenoxy) is 1. The average Bonchev–Trinajstić information content (AvgIpc) is 2.45. The molecule has 0 aliphatic carbocycles. The van der Waals surface area contributed by atoms with Crippen molar-refractivity contribution in [3.8, 4) is 5.75 Å². The lowest BCUT2D eigenvalue weighted by Crippen LogP contribution is -2.14. The molecule has 112 valence electrons. The summed E-state index contributed by atoms with van der Waals surface area (Å²) in [6.07, 6.45) is 9.45. The zero-order chi connectivity index (χ0) is 14.8. The van der Waals surface area contributed by atoms with Crippen molar-refractivity contribution in [2.45, 2.75) is 50.3 Å². The summed E-state index contributed by atoms with van der Waals surface area (Å²) in [5.41, 5.74) is 6.39. The lowest BCUT2D eigenvalue weighted by molar-refractivity contribution is 0.303. The van der Waals surface area contributed by atoms with Crippen LogP contribution in [0.1, 0.15) is 51.0 Å². The van der Waals surface area contributed by atoms with Gasteiger partial charge in [-0.3, -0.25) is 5.41 Å². The summed E-state index contributed by atoms with van der Waals surface area (Å²) in [5.74, 6) is 0.811. The highest BCUT2D eigenvalue weighted by Gasteiger charge is 2.11. The van der Waals surface area contributed by atoms with Crippen LogP contribution in [0.4, 0.5) is 0 Å². The largest absolute Gasteiger partial charge is 0.493 e. The van der Waals surface area contributed by atoms with Crippen LogP contribution in [0.5, 0.6) is 5.75 Å². The molecule has 4 heteroatoms. The van der Waals surface area contributed by atoms with Crippen LogP contribution in [0.3, 0.4) is 0 Å². The van der Waals surface area contributed by atoms with Gasteiger partial charge in [-0.2, -0.15) is 0 Å². The number of hydrogen-bond donors (Lipinski definition) is 2. The van der Waals surface area contributed by atoms with Crippen LogP contribution in [0.15, 0.2) is 23.1 Å². The Morgan fingerprint density at radius 2 is 1.90 bits per heavy atom. The minimum absolute atomic E-state index is 0.0768. The van der Waals surface area contributed by atoms with Gasteiger partial charge in [0.15, 0.2) is 0 Å². The predicted octanol–water partition coefficient (Wildman–Crippen LogP) is 4.43. The molecule has 0 fully saturated rings. The van der Waals surface area contributed by atoms with E-state index in [1.807, 2.05) is 24.5 Å². The third kappa shape index (κ3) is 5.45. The molecule has 0 unspecified atom stereocenters. The first-order chi connectivity index (χ1) is 9.70. The second kappa shape index (κ2) is 9.70. The normalized spacial score (nSPS) is 10.5. The fourth-order valence-electron chi connectivity index (χ4n) is 2.13. The highest BCUT2D eigenvalue weighted by molar-refractivity contribution is 7.98. The zero-order valence-corrected chi connectivity index (χ0v) is 13.4. The quantitative estimate of drug-likeness (QED) is 0.290. The second-order valence-electron chi connectivity index (χ2n) is 4.86. The Morgan fingerprint density at radius 1 is 1.20 bits per heavy atom.